The van der Waals surface area contributed by atoms with Gasteiger partial charge in [0.15, 0.2) is 0 Å². The number of amides is 2. The maximum absolute atomic E-state index is 12.8. The molecular formula is C22H30N2O3. The molecule has 4 saturated carbocycles. The average molecular weight is 370 g/mol. The molecule has 0 spiro atoms. The molecule has 4 aliphatic rings. The number of aliphatic hydroxyl groups is 1. The van der Waals surface area contributed by atoms with E-state index >= 15 is 0 Å². The van der Waals surface area contributed by atoms with E-state index in [9.17, 15) is 14.7 Å². The Morgan fingerprint density at radius 1 is 1.15 bits per heavy atom. The van der Waals surface area contributed by atoms with Crippen LogP contribution in [0.1, 0.15) is 50.5 Å². The molecule has 0 saturated heterocycles. The quantitative estimate of drug-likeness (QED) is 0.837. The molecule has 5 heteroatoms. The number of carbonyl (C=O) groups is 2. The number of carbonyl (C=O) groups excluding carboxylic acids is 2. The van der Waals surface area contributed by atoms with Crippen LogP contribution >= 0.6 is 0 Å². The van der Waals surface area contributed by atoms with E-state index in [-0.39, 0.29) is 23.8 Å². The Bertz CT molecular complexity index is 728. The summed E-state index contributed by atoms with van der Waals surface area (Å²) in [6.07, 6.45) is 6.36. The van der Waals surface area contributed by atoms with Gasteiger partial charge in [0.05, 0.1) is 12.1 Å². The number of rotatable bonds is 5. The molecule has 0 aliphatic heterocycles. The number of aryl methyl sites for hydroxylation is 1. The Morgan fingerprint density at radius 3 is 2.37 bits per heavy atom. The lowest BCUT2D eigenvalue weighted by Gasteiger charge is -2.60. The van der Waals surface area contributed by atoms with Crippen LogP contribution in [0.2, 0.25) is 0 Å². The van der Waals surface area contributed by atoms with Gasteiger partial charge in [-0.1, -0.05) is 17.7 Å². The number of nitrogens with zero attached hydrogens (tertiary/aromatic N) is 1. The van der Waals surface area contributed by atoms with E-state index in [4.69, 9.17) is 0 Å². The van der Waals surface area contributed by atoms with E-state index in [0.29, 0.717) is 18.3 Å². The number of hydrogen-bond acceptors (Lipinski definition) is 3. The maximum Gasteiger partial charge on any atom is 0.243 e. The lowest BCUT2D eigenvalue weighted by Crippen LogP contribution is -2.56. The van der Waals surface area contributed by atoms with Crippen molar-refractivity contribution < 1.29 is 14.7 Å². The molecule has 4 fully saturated rings. The highest BCUT2D eigenvalue weighted by Crippen LogP contribution is 2.62. The molecule has 0 aromatic heterocycles. The topological polar surface area (TPSA) is 69.6 Å². The first kappa shape index (κ1) is 18.5. The van der Waals surface area contributed by atoms with Crippen LogP contribution in [0.3, 0.4) is 0 Å². The van der Waals surface area contributed by atoms with Crippen molar-refractivity contribution in [3.05, 3.63) is 29.8 Å². The molecule has 5 nitrogen and oxygen atoms in total. The molecule has 0 heterocycles. The summed E-state index contributed by atoms with van der Waals surface area (Å²) in [5.41, 5.74) is 1.27. The zero-order valence-corrected chi connectivity index (χ0v) is 16.3. The number of hydrogen-bond donors (Lipinski definition) is 2. The van der Waals surface area contributed by atoms with Crippen LogP contribution in [0.4, 0.5) is 5.69 Å². The van der Waals surface area contributed by atoms with Crippen molar-refractivity contribution in [2.75, 3.05) is 18.9 Å². The second kappa shape index (κ2) is 6.62. The van der Waals surface area contributed by atoms with Crippen molar-refractivity contribution in [2.24, 2.45) is 17.3 Å². The third-order valence-corrected chi connectivity index (χ3v) is 6.82. The third kappa shape index (κ3) is 3.88. The predicted octanol–water partition coefficient (Wildman–Crippen LogP) is 3.11. The van der Waals surface area contributed by atoms with Crippen molar-refractivity contribution >= 4 is 17.5 Å². The molecule has 5 rings (SSSR count). The molecule has 2 amide bonds. The van der Waals surface area contributed by atoms with Crippen LogP contribution in [0.25, 0.3) is 0 Å². The lowest BCUT2D eigenvalue weighted by molar-refractivity contribution is -0.171. The zero-order valence-electron chi connectivity index (χ0n) is 16.3. The third-order valence-electron chi connectivity index (χ3n) is 6.82. The zero-order chi connectivity index (χ0) is 19.2. The van der Waals surface area contributed by atoms with E-state index in [1.807, 2.05) is 31.2 Å². The van der Waals surface area contributed by atoms with Crippen molar-refractivity contribution in [1.82, 2.24) is 4.90 Å². The highest BCUT2D eigenvalue weighted by Gasteiger charge is 2.57. The number of likely N-dealkylation sites (N-methyl/N-ethyl adjacent to an activating group) is 1. The SMILES string of the molecule is Cc1ccc(NC(=O)CN(C)C(=O)CC23CC4CC(CC(O)(C4)C2)C3)cc1. The van der Waals surface area contributed by atoms with Gasteiger partial charge < -0.3 is 15.3 Å². The Kier molecular flexibility index (Phi) is 4.53. The molecule has 1 aromatic carbocycles. The Morgan fingerprint density at radius 2 is 1.78 bits per heavy atom. The first-order chi connectivity index (χ1) is 12.7. The summed E-state index contributed by atoms with van der Waals surface area (Å²) >= 11 is 0. The maximum atomic E-state index is 12.8. The summed E-state index contributed by atoms with van der Waals surface area (Å²) in [6, 6.07) is 7.63. The number of nitrogens with one attached hydrogen (secondary N) is 1. The van der Waals surface area contributed by atoms with Gasteiger partial charge in [-0.3, -0.25) is 9.59 Å². The highest BCUT2D eigenvalue weighted by molar-refractivity contribution is 5.94. The Labute approximate surface area is 161 Å². The minimum Gasteiger partial charge on any atom is -0.390 e. The summed E-state index contributed by atoms with van der Waals surface area (Å²) in [6.45, 7) is 2.05. The fraction of sp³-hybridized carbons (Fsp3) is 0.636. The second-order valence-electron chi connectivity index (χ2n) is 9.53. The first-order valence-electron chi connectivity index (χ1n) is 10.1. The fourth-order valence-electron chi connectivity index (χ4n) is 6.21. The van der Waals surface area contributed by atoms with E-state index < -0.39 is 5.60 Å². The molecule has 4 aliphatic carbocycles. The van der Waals surface area contributed by atoms with Gasteiger partial charge in [0.1, 0.15) is 0 Å². The van der Waals surface area contributed by atoms with Gasteiger partial charge in [0.2, 0.25) is 11.8 Å². The highest BCUT2D eigenvalue weighted by atomic mass is 16.3. The van der Waals surface area contributed by atoms with Gasteiger partial charge in [-0.2, -0.15) is 0 Å². The summed E-state index contributed by atoms with van der Waals surface area (Å²) < 4.78 is 0. The van der Waals surface area contributed by atoms with Crippen LogP contribution in [-0.4, -0.2) is 41.0 Å². The minimum atomic E-state index is -0.550. The average Bonchev–Trinajstić information content (AvgIpc) is 2.54. The van der Waals surface area contributed by atoms with Gasteiger partial charge in [-0.05, 0) is 74.8 Å². The minimum absolute atomic E-state index is 0.0135. The lowest BCUT2D eigenvalue weighted by atomic mass is 9.47. The van der Waals surface area contributed by atoms with Gasteiger partial charge in [-0.25, -0.2) is 0 Å². The molecule has 1 aromatic rings. The molecule has 2 N–H and O–H groups in total. The molecular weight excluding hydrogens is 340 g/mol. The van der Waals surface area contributed by atoms with Crippen molar-refractivity contribution in [2.45, 2.75) is 57.5 Å². The fourth-order valence-corrected chi connectivity index (χ4v) is 6.21. The van der Waals surface area contributed by atoms with E-state index in [1.54, 1.807) is 7.05 Å². The molecule has 2 atom stereocenters. The Hall–Kier alpha value is -1.88. The van der Waals surface area contributed by atoms with E-state index in [1.165, 1.54) is 11.3 Å². The van der Waals surface area contributed by atoms with Crippen LogP contribution in [0.5, 0.6) is 0 Å². The van der Waals surface area contributed by atoms with E-state index in [2.05, 4.69) is 5.32 Å². The van der Waals surface area contributed by atoms with Crippen molar-refractivity contribution in [3.63, 3.8) is 0 Å². The smallest absolute Gasteiger partial charge is 0.243 e. The van der Waals surface area contributed by atoms with Crippen LogP contribution in [0.15, 0.2) is 24.3 Å². The standard InChI is InChI=1S/C22H30N2O3/c1-15-3-5-18(6-4-15)23-19(25)13-24(2)20(26)12-21-8-16-7-17(9-21)11-22(27,10-16)14-21/h3-6,16-17,27H,7-14H2,1-2H3,(H,23,25). The summed E-state index contributed by atoms with van der Waals surface area (Å²) in [5, 5.41) is 13.7. The van der Waals surface area contributed by atoms with Gasteiger partial charge in [0.25, 0.3) is 0 Å². The summed E-state index contributed by atoms with van der Waals surface area (Å²) in [4.78, 5) is 26.6. The number of benzene rings is 1. The monoisotopic (exact) mass is 370 g/mol. The molecule has 0 radical (unpaired) electrons. The largest absolute Gasteiger partial charge is 0.390 e. The molecule has 4 bridgehead atoms. The molecule has 27 heavy (non-hydrogen) atoms. The van der Waals surface area contributed by atoms with Crippen LogP contribution in [0, 0.1) is 24.2 Å². The van der Waals surface area contributed by atoms with Crippen molar-refractivity contribution in [3.8, 4) is 0 Å². The predicted molar refractivity (Wildman–Crippen MR) is 104 cm³/mol. The van der Waals surface area contributed by atoms with Gasteiger partial charge in [-0.15, -0.1) is 0 Å². The number of anilines is 1. The van der Waals surface area contributed by atoms with Crippen molar-refractivity contribution in [1.29, 1.82) is 0 Å². The van der Waals surface area contributed by atoms with Crippen LogP contribution in [-0.2, 0) is 9.59 Å². The molecule has 2 unspecified atom stereocenters. The summed E-state index contributed by atoms with van der Waals surface area (Å²) in [5.74, 6) is 0.969. The van der Waals surface area contributed by atoms with Gasteiger partial charge in [0, 0.05) is 19.2 Å². The van der Waals surface area contributed by atoms with E-state index in [0.717, 1.165) is 43.4 Å². The molecule has 146 valence electrons. The van der Waals surface area contributed by atoms with Crippen LogP contribution < -0.4 is 5.32 Å². The summed E-state index contributed by atoms with van der Waals surface area (Å²) in [7, 11) is 1.70. The first-order valence-corrected chi connectivity index (χ1v) is 10.1. The normalized spacial score (nSPS) is 33.7. The Balaban J connectivity index is 1.34. The van der Waals surface area contributed by atoms with Gasteiger partial charge >= 0.3 is 0 Å². The second-order valence-corrected chi connectivity index (χ2v) is 9.53.